The van der Waals surface area contributed by atoms with E-state index in [1.165, 1.54) is 36.4 Å². The van der Waals surface area contributed by atoms with E-state index in [1.54, 1.807) is 19.1 Å². The molecule has 8 nitrogen and oxygen atoms in total. The Morgan fingerprint density at radius 1 is 0.833 bits per heavy atom. The van der Waals surface area contributed by atoms with Gasteiger partial charge in [-0.25, -0.2) is 13.2 Å². The van der Waals surface area contributed by atoms with Gasteiger partial charge in [-0.2, -0.15) is 0 Å². The van der Waals surface area contributed by atoms with Crippen molar-refractivity contribution in [3.8, 4) is 0 Å². The summed E-state index contributed by atoms with van der Waals surface area (Å²) in [6.45, 7) is 4.32. The first kappa shape index (κ1) is 27.6. The molecule has 3 N–H and O–H groups in total. The maximum Gasteiger partial charge on any atom is 0.338 e. The molecule has 0 bridgehead atoms. The number of amides is 1. The first-order valence-corrected chi connectivity index (χ1v) is 13.3. The Kier molecular flexibility index (Phi) is 9.08. The number of hydrogen-bond acceptors (Lipinski definition) is 6. The quantitative estimate of drug-likeness (QED) is 0.260. The van der Waals surface area contributed by atoms with Crippen LogP contribution in [0.1, 0.15) is 34.6 Å². The first-order valence-electron chi connectivity index (χ1n) is 10.7. The van der Waals surface area contributed by atoms with Crippen molar-refractivity contribution in [2.45, 2.75) is 18.7 Å². The molecule has 3 aromatic carbocycles. The van der Waals surface area contributed by atoms with Crippen LogP contribution < -0.4 is 15.4 Å². The number of sulfonamides is 1. The van der Waals surface area contributed by atoms with Crippen LogP contribution in [-0.2, 0) is 14.8 Å². The maximum absolute atomic E-state index is 13.1. The van der Waals surface area contributed by atoms with E-state index in [1.807, 2.05) is 6.92 Å². The van der Waals surface area contributed by atoms with Gasteiger partial charge < -0.3 is 15.4 Å². The number of halogens is 3. The fraction of sp³-hybridized carbons (Fsp3) is 0.167. The second-order valence-corrected chi connectivity index (χ2v) is 10.2. The Hall–Kier alpha value is -2.98. The van der Waals surface area contributed by atoms with Gasteiger partial charge >= 0.3 is 5.97 Å². The molecular formula is C24H22Cl3N3O5S. The number of carbonyl (C=O) groups excluding carboxylic acids is 2. The predicted octanol–water partition coefficient (Wildman–Crippen LogP) is 6.31. The number of rotatable bonds is 9. The summed E-state index contributed by atoms with van der Waals surface area (Å²) in [5.74, 6) is -1.16. The lowest BCUT2D eigenvalue weighted by atomic mass is 10.1. The molecule has 0 saturated heterocycles. The van der Waals surface area contributed by atoms with Crippen molar-refractivity contribution in [2.24, 2.45) is 0 Å². The molecule has 0 saturated carbocycles. The number of ether oxygens (including phenoxy) is 1. The van der Waals surface area contributed by atoms with Crippen LogP contribution in [0.25, 0.3) is 0 Å². The molecule has 1 amide bonds. The Bertz CT molecular complexity index is 1410. The van der Waals surface area contributed by atoms with E-state index in [0.29, 0.717) is 17.9 Å². The second-order valence-electron chi connectivity index (χ2n) is 7.34. The molecular weight excluding hydrogens is 549 g/mol. The predicted molar refractivity (Wildman–Crippen MR) is 143 cm³/mol. The first-order chi connectivity index (χ1) is 17.1. The Morgan fingerprint density at radius 3 is 2.22 bits per heavy atom. The number of esters is 1. The van der Waals surface area contributed by atoms with Gasteiger partial charge in [0.15, 0.2) is 0 Å². The zero-order valence-corrected chi connectivity index (χ0v) is 22.3. The summed E-state index contributed by atoms with van der Waals surface area (Å²) >= 11 is 18.2. The van der Waals surface area contributed by atoms with Gasteiger partial charge in [-0.3, -0.25) is 9.52 Å². The van der Waals surface area contributed by atoms with E-state index in [4.69, 9.17) is 39.5 Å². The van der Waals surface area contributed by atoms with E-state index in [-0.39, 0.29) is 43.4 Å². The molecule has 12 heteroatoms. The lowest BCUT2D eigenvalue weighted by Gasteiger charge is -2.15. The van der Waals surface area contributed by atoms with Crippen LogP contribution in [0.5, 0.6) is 0 Å². The third-order valence-corrected chi connectivity index (χ3v) is 7.21. The fourth-order valence-electron chi connectivity index (χ4n) is 3.15. The molecule has 190 valence electrons. The average Bonchev–Trinajstić information content (AvgIpc) is 2.82. The Labute approximate surface area is 223 Å². The van der Waals surface area contributed by atoms with Gasteiger partial charge in [0.25, 0.3) is 15.9 Å². The summed E-state index contributed by atoms with van der Waals surface area (Å²) in [5.41, 5.74) is 1.20. The molecule has 0 unspecified atom stereocenters. The summed E-state index contributed by atoms with van der Waals surface area (Å²) in [6.07, 6.45) is 0. The number of hydrogen-bond donors (Lipinski definition) is 3. The van der Waals surface area contributed by atoms with Gasteiger partial charge in [0.2, 0.25) is 0 Å². The molecule has 0 heterocycles. The van der Waals surface area contributed by atoms with Gasteiger partial charge in [-0.1, -0.05) is 34.8 Å². The summed E-state index contributed by atoms with van der Waals surface area (Å²) in [5, 5.41) is 6.11. The molecule has 0 aliphatic rings. The maximum atomic E-state index is 13.1. The lowest BCUT2D eigenvalue weighted by molar-refractivity contribution is 0.0526. The number of nitrogens with one attached hydrogen (secondary N) is 3. The van der Waals surface area contributed by atoms with Gasteiger partial charge in [0.05, 0.1) is 39.3 Å². The van der Waals surface area contributed by atoms with Crippen LogP contribution in [0.4, 0.5) is 17.1 Å². The summed E-state index contributed by atoms with van der Waals surface area (Å²) < 4.78 is 33.5. The highest BCUT2D eigenvalue weighted by atomic mass is 35.5. The molecule has 3 aromatic rings. The van der Waals surface area contributed by atoms with Gasteiger partial charge in [-0.05, 0) is 68.4 Å². The Balaban J connectivity index is 1.93. The molecule has 36 heavy (non-hydrogen) atoms. The highest BCUT2D eigenvalue weighted by molar-refractivity contribution is 7.92. The van der Waals surface area contributed by atoms with E-state index >= 15 is 0 Å². The zero-order chi connectivity index (χ0) is 26.5. The molecule has 0 spiro atoms. The van der Waals surface area contributed by atoms with Crippen molar-refractivity contribution >= 4 is 73.8 Å². The molecule has 0 radical (unpaired) electrons. The van der Waals surface area contributed by atoms with E-state index in [9.17, 15) is 18.0 Å². The minimum atomic E-state index is -4.23. The lowest BCUT2D eigenvalue weighted by Crippen LogP contribution is -2.17. The number of anilines is 3. The minimum absolute atomic E-state index is 0.0148. The monoisotopic (exact) mass is 569 g/mol. The van der Waals surface area contributed by atoms with Crippen molar-refractivity contribution in [1.82, 2.24) is 0 Å². The van der Waals surface area contributed by atoms with E-state index < -0.39 is 21.9 Å². The minimum Gasteiger partial charge on any atom is -0.462 e. The third-order valence-electron chi connectivity index (χ3n) is 4.80. The number of benzene rings is 3. The normalized spacial score (nSPS) is 11.0. The van der Waals surface area contributed by atoms with Crippen LogP contribution in [-0.4, -0.2) is 33.4 Å². The van der Waals surface area contributed by atoms with Crippen LogP contribution >= 0.6 is 34.8 Å². The molecule has 0 atom stereocenters. The molecule has 0 aliphatic heterocycles. The second kappa shape index (κ2) is 11.8. The summed E-state index contributed by atoms with van der Waals surface area (Å²) in [7, 11) is -4.23. The van der Waals surface area contributed by atoms with Gasteiger partial charge in [0.1, 0.15) is 4.90 Å². The largest absolute Gasteiger partial charge is 0.462 e. The van der Waals surface area contributed by atoms with Crippen molar-refractivity contribution < 1.29 is 22.7 Å². The zero-order valence-electron chi connectivity index (χ0n) is 19.2. The average molecular weight is 571 g/mol. The van der Waals surface area contributed by atoms with E-state index in [2.05, 4.69) is 15.4 Å². The van der Waals surface area contributed by atoms with Crippen molar-refractivity contribution in [3.05, 3.63) is 80.8 Å². The highest BCUT2D eigenvalue weighted by Crippen LogP contribution is 2.31. The standard InChI is InChI=1S/C24H22Cl3N3O5S/c1-3-28-19-10-6-15(24(32)35-4-2)11-21(19)29-23(31)14-5-8-18(27)22(12-14)36(33,34)30-20-13-16(25)7-9-17(20)26/h5-13,28,30H,3-4H2,1-2H3,(H,29,31). The molecule has 3 rings (SSSR count). The van der Waals surface area contributed by atoms with Gasteiger partial charge in [-0.15, -0.1) is 0 Å². The number of carbonyl (C=O) groups is 2. The van der Waals surface area contributed by atoms with Crippen LogP contribution in [0.2, 0.25) is 15.1 Å². The van der Waals surface area contributed by atoms with Crippen LogP contribution in [0.3, 0.4) is 0 Å². The highest BCUT2D eigenvalue weighted by Gasteiger charge is 2.22. The fourth-order valence-corrected chi connectivity index (χ4v) is 5.14. The van der Waals surface area contributed by atoms with Crippen molar-refractivity contribution in [1.29, 1.82) is 0 Å². The van der Waals surface area contributed by atoms with Crippen LogP contribution in [0, 0.1) is 0 Å². The summed E-state index contributed by atoms with van der Waals surface area (Å²) in [4.78, 5) is 24.9. The Morgan fingerprint density at radius 2 is 1.53 bits per heavy atom. The molecule has 0 aromatic heterocycles. The molecule has 0 aliphatic carbocycles. The van der Waals surface area contributed by atoms with Crippen molar-refractivity contribution in [2.75, 3.05) is 28.5 Å². The van der Waals surface area contributed by atoms with Crippen molar-refractivity contribution in [3.63, 3.8) is 0 Å². The topological polar surface area (TPSA) is 114 Å². The summed E-state index contributed by atoms with van der Waals surface area (Å²) in [6, 6.07) is 12.8. The van der Waals surface area contributed by atoms with Crippen LogP contribution in [0.15, 0.2) is 59.5 Å². The molecule has 0 fully saturated rings. The van der Waals surface area contributed by atoms with E-state index in [0.717, 1.165) is 6.07 Å². The van der Waals surface area contributed by atoms with Gasteiger partial charge in [0, 0.05) is 17.1 Å². The smallest absolute Gasteiger partial charge is 0.338 e. The third kappa shape index (κ3) is 6.61. The SMILES string of the molecule is CCNc1ccc(C(=O)OCC)cc1NC(=O)c1ccc(Cl)c(S(=O)(=O)Nc2cc(Cl)ccc2Cl)c1.